The normalized spacial score (nSPS) is 20.1. The first kappa shape index (κ1) is 11.0. The molecule has 0 bridgehead atoms. The van der Waals surface area contributed by atoms with E-state index in [0.29, 0.717) is 5.56 Å². The standard InChI is InChI=1S/C13H17NO2/c1-9-5-6-14(8-9)12-4-3-11(13(15)16)7-10(12)2/h3-4,7,9H,5-6,8H2,1-2H3,(H,15,16). The lowest BCUT2D eigenvalue weighted by Crippen LogP contribution is -2.20. The van der Waals surface area contributed by atoms with Gasteiger partial charge >= 0.3 is 5.97 Å². The summed E-state index contributed by atoms with van der Waals surface area (Å²) in [4.78, 5) is 13.2. The van der Waals surface area contributed by atoms with E-state index in [-0.39, 0.29) is 0 Å². The number of nitrogens with zero attached hydrogens (tertiary/aromatic N) is 1. The molecule has 16 heavy (non-hydrogen) atoms. The molecule has 1 aliphatic heterocycles. The Balaban J connectivity index is 2.26. The zero-order valence-corrected chi connectivity index (χ0v) is 9.73. The first-order valence-electron chi connectivity index (χ1n) is 5.67. The number of carbonyl (C=O) groups is 1. The van der Waals surface area contributed by atoms with E-state index in [9.17, 15) is 4.79 Å². The van der Waals surface area contributed by atoms with Crippen LogP contribution in [0.3, 0.4) is 0 Å². The molecule has 0 saturated carbocycles. The Labute approximate surface area is 95.7 Å². The van der Waals surface area contributed by atoms with Crippen molar-refractivity contribution in [2.24, 2.45) is 5.92 Å². The SMILES string of the molecule is Cc1cc(C(=O)O)ccc1N1CCC(C)C1. The molecule has 0 aliphatic carbocycles. The zero-order chi connectivity index (χ0) is 11.7. The van der Waals surface area contributed by atoms with Crippen molar-refractivity contribution in [1.82, 2.24) is 0 Å². The van der Waals surface area contributed by atoms with Crippen LogP contribution in [-0.2, 0) is 0 Å². The van der Waals surface area contributed by atoms with Gasteiger partial charge in [-0.1, -0.05) is 6.92 Å². The third kappa shape index (κ3) is 2.03. The first-order chi connectivity index (χ1) is 7.58. The molecule has 1 N–H and O–H groups in total. The number of hydrogen-bond acceptors (Lipinski definition) is 2. The van der Waals surface area contributed by atoms with E-state index in [0.717, 1.165) is 24.6 Å². The van der Waals surface area contributed by atoms with Gasteiger partial charge in [0.25, 0.3) is 0 Å². The van der Waals surface area contributed by atoms with Crippen molar-refractivity contribution in [3.8, 4) is 0 Å². The van der Waals surface area contributed by atoms with Crippen LogP contribution in [0.15, 0.2) is 18.2 Å². The Bertz CT molecular complexity index is 414. The van der Waals surface area contributed by atoms with Gasteiger partial charge in [0.05, 0.1) is 5.56 Å². The number of carboxylic acid groups (broad SMARTS) is 1. The molecule has 1 aromatic carbocycles. The molecule has 0 spiro atoms. The smallest absolute Gasteiger partial charge is 0.335 e. The Morgan fingerprint density at radius 2 is 2.25 bits per heavy atom. The van der Waals surface area contributed by atoms with Crippen LogP contribution in [0.25, 0.3) is 0 Å². The largest absolute Gasteiger partial charge is 0.478 e. The minimum atomic E-state index is -0.857. The van der Waals surface area contributed by atoms with E-state index in [1.165, 1.54) is 12.1 Å². The second-order valence-electron chi connectivity index (χ2n) is 4.65. The lowest BCUT2D eigenvalue weighted by Gasteiger charge is -2.20. The van der Waals surface area contributed by atoms with Gasteiger partial charge in [0.2, 0.25) is 0 Å². The van der Waals surface area contributed by atoms with Crippen molar-refractivity contribution in [3.05, 3.63) is 29.3 Å². The fourth-order valence-electron chi connectivity index (χ4n) is 2.30. The van der Waals surface area contributed by atoms with E-state index in [1.807, 2.05) is 13.0 Å². The molecule has 2 rings (SSSR count). The molecule has 0 aromatic heterocycles. The lowest BCUT2D eigenvalue weighted by atomic mass is 10.1. The third-order valence-corrected chi connectivity index (χ3v) is 3.21. The van der Waals surface area contributed by atoms with Crippen LogP contribution in [0.5, 0.6) is 0 Å². The highest BCUT2D eigenvalue weighted by atomic mass is 16.4. The van der Waals surface area contributed by atoms with Gasteiger partial charge in [-0.05, 0) is 43.0 Å². The molecular formula is C13H17NO2. The summed E-state index contributed by atoms with van der Waals surface area (Å²) >= 11 is 0. The van der Waals surface area contributed by atoms with Gasteiger partial charge < -0.3 is 10.0 Å². The summed E-state index contributed by atoms with van der Waals surface area (Å²) in [6.07, 6.45) is 1.22. The fraction of sp³-hybridized carbons (Fsp3) is 0.462. The molecule has 0 radical (unpaired) electrons. The maximum atomic E-state index is 10.8. The number of aromatic carboxylic acids is 1. The maximum Gasteiger partial charge on any atom is 0.335 e. The highest BCUT2D eigenvalue weighted by Crippen LogP contribution is 2.27. The maximum absolute atomic E-state index is 10.8. The molecule has 1 saturated heterocycles. The van der Waals surface area contributed by atoms with Crippen molar-refractivity contribution in [1.29, 1.82) is 0 Å². The zero-order valence-electron chi connectivity index (χ0n) is 9.73. The predicted molar refractivity (Wildman–Crippen MR) is 64.1 cm³/mol. The second kappa shape index (κ2) is 4.16. The molecule has 1 atom stereocenters. The van der Waals surface area contributed by atoms with E-state index < -0.39 is 5.97 Å². The van der Waals surface area contributed by atoms with Crippen molar-refractivity contribution in [3.63, 3.8) is 0 Å². The van der Waals surface area contributed by atoms with Gasteiger partial charge in [-0.25, -0.2) is 4.79 Å². The number of benzene rings is 1. The van der Waals surface area contributed by atoms with Crippen molar-refractivity contribution in [2.45, 2.75) is 20.3 Å². The van der Waals surface area contributed by atoms with E-state index in [2.05, 4.69) is 11.8 Å². The predicted octanol–water partition coefficient (Wildman–Crippen LogP) is 2.54. The van der Waals surface area contributed by atoms with Gasteiger partial charge in [0.15, 0.2) is 0 Å². The number of carboxylic acids is 1. The summed E-state index contributed by atoms with van der Waals surface area (Å²) in [6, 6.07) is 5.37. The van der Waals surface area contributed by atoms with Crippen LogP contribution in [0, 0.1) is 12.8 Å². The molecule has 1 unspecified atom stereocenters. The van der Waals surface area contributed by atoms with Crippen LogP contribution in [0.4, 0.5) is 5.69 Å². The molecule has 0 amide bonds. The summed E-state index contributed by atoms with van der Waals surface area (Å²) < 4.78 is 0. The highest BCUT2D eigenvalue weighted by Gasteiger charge is 2.20. The molecule has 1 heterocycles. The summed E-state index contributed by atoms with van der Waals surface area (Å²) in [5.74, 6) is -0.122. The quantitative estimate of drug-likeness (QED) is 0.831. The number of rotatable bonds is 2. The summed E-state index contributed by atoms with van der Waals surface area (Å²) in [5.41, 5.74) is 2.59. The van der Waals surface area contributed by atoms with Crippen molar-refractivity contribution >= 4 is 11.7 Å². The van der Waals surface area contributed by atoms with Crippen LogP contribution in [-0.4, -0.2) is 24.2 Å². The van der Waals surface area contributed by atoms with Crippen LogP contribution in [0.2, 0.25) is 0 Å². The fourth-order valence-corrected chi connectivity index (χ4v) is 2.30. The average Bonchev–Trinajstić information content (AvgIpc) is 2.64. The van der Waals surface area contributed by atoms with Crippen LogP contribution >= 0.6 is 0 Å². The summed E-state index contributed by atoms with van der Waals surface area (Å²) in [5, 5.41) is 8.89. The van der Waals surface area contributed by atoms with E-state index in [4.69, 9.17) is 5.11 Å². The Kier molecular flexibility index (Phi) is 2.86. The van der Waals surface area contributed by atoms with Crippen molar-refractivity contribution in [2.75, 3.05) is 18.0 Å². The first-order valence-corrected chi connectivity index (χ1v) is 5.67. The number of hydrogen-bond donors (Lipinski definition) is 1. The van der Waals surface area contributed by atoms with E-state index in [1.54, 1.807) is 12.1 Å². The number of anilines is 1. The van der Waals surface area contributed by atoms with Crippen LogP contribution in [0.1, 0.15) is 29.3 Å². The molecule has 3 nitrogen and oxygen atoms in total. The number of aryl methyl sites for hydroxylation is 1. The topological polar surface area (TPSA) is 40.5 Å². The summed E-state index contributed by atoms with van der Waals surface area (Å²) in [7, 11) is 0. The lowest BCUT2D eigenvalue weighted by molar-refractivity contribution is 0.0697. The van der Waals surface area contributed by atoms with Gasteiger partial charge in [0, 0.05) is 18.8 Å². The molecule has 3 heteroatoms. The second-order valence-corrected chi connectivity index (χ2v) is 4.65. The Hall–Kier alpha value is -1.51. The average molecular weight is 219 g/mol. The Morgan fingerprint density at radius 3 is 2.75 bits per heavy atom. The van der Waals surface area contributed by atoms with Gasteiger partial charge in [-0.2, -0.15) is 0 Å². The Morgan fingerprint density at radius 1 is 1.50 bits per heavy atom. The minimum Gasteiger partial charge on any atom is -0.478 e. The summed E-state index contributed by atoms with van der Waals surface area (Å²) in [6.45, 7) is 6.38. The van der Waals surface area contributed by atoms with Gasteiger partial charge in [-0.15, -0.1) is 0 Å². The highest BCUT2D eigenvalue weighted by molar-refractivity contribution is 5.88. The van der Waals surface area contributed by atoms with Crippen molar-refractivity contribution < 1.29 is 9.90 Å². The molecule has 86 valence electrons. The van der Waals surface area contributed by atoms with Crippen LogP contribution < -0.4 is 4.90 Å². The van der Waals surface area contributed by atoms with Gasteiger partial charge in [0.1, 0.15) is 0 Å². The molecule has 1 aliphatic rings. The third-order valence-electron chi connectivity index (χ3n) is 3.21. The molecular weight excluding hydrogens is 202 g/mol. The minimum absolute atomic E-state index is 0.369. The molecule has 1 fully saturated rings. The van der Waals surface area contributed by atoms with E-state index >= 15 is 0 Å². The molecule has 1 aromatic rings. The van der Waals surface area contributed by atoms with Gasteiger partial charge in [-0.3, -0.25) is 0 Å². The monoisotopic (exact) mass is 219 g/mol.